The fourth-order valence-corrected chi connectivity index (χ4v) is 3.28. The van der Waals surface area contributed by atoms with Gasteiger partial charge in [-0.25, -0.2) is 4.98 Å². The number of nitrogens with zero attached hydrogens (tertiary/aromatic N) is 3. The van der Waals surface area contributed by atoms with Crippen LogP contribution >= 0.6 is 11.8 Å². The minimum atomic E-state index is -0.248. The van der Waals surface area contributed by atoms with E-state index in [1.54, 1.807) is 18.3 Å². The topological polar surface area (TPSA) is 92.7 Å². The molecule has 0 aliphatic carbocycles. The minimum absolute atomic E-state index is 0.0666. The van der Waals surface area contributed by atoms with Crippen molar-refractivity contribution in [2.45, 2.75) is 31.6 Å². The molecule has 0 aliphatic rings. The van der Waals surface area contributed by atoms with Crippen LogP contribution in [0.25, 0.3) is 5.95 Å². The maximum Gasteiger partial charge on any atom is 0.257 e. The lowest BCUT2D eigenvalue weighted by atomic mass is 10.1. The Balaban J connectivity index is 1.96. The van der Waals surface area contributed by atoms with Gasteiger partial charge in [0.05, 0.1) is 11.3 Å². The van der Waals surface area contributed by atoms with Gasteiger partial charge in [-0.05, 0) is 31.2 Å². The van der Waals surface area contributed by atoms with E-state index in [4.69, 9.17) is 0 Å². The molecule has 1 amide bonds. The first-order valence-electron chi connectivity index (χ1n) is 8.51. The largest absolute Gasteiger partial charge is 0.306 e. The third kappa shape index (κ3) is 3.95. The first-order valence-corrected chi connectivity index (χ1v) is 9.73. The molecule has 0 atom stereocenters. The highest BCUT2D eigenvalue weighted by Gasteiger charge is 2.16. The number of amides is 1. The summed E-state index contributed by atoms with van der Waals surface area (Å²) in [5, 5.41) is 7.21. The highest BCUT2D eigenvalue weighted by Crippen LogP contribution is 2.22. The van der Waals surface area contributed by atoms with Gasteiger partial charge in [-0.2, -0.15) is 9.78 Å². The van der Waals surface area contributed by atoms with Gasteiger partial charge >= 0.3 is 0 Å². The summed E-state index contributed by atoms with van der Waals surface area (Å²) in [6, 6.07) is 9.11. The first-order chi connectivity index (χ1) is 12.9. The molecule has 0 spiro atoms. The number of aromatic amines is 1. The van der Waals surface area contributed by atoms with Crippen molar-refractivity contribution in [2.24, 2.45) is 0 Å². The number of thioether (sulfide) groups is 1. The summed E-state index contributed by atoms with van der Waals surface area (Å²) in [7, 11) is 0. The molecule has 0 saturated carbocycles. The van der Waals surface area contributed by atoms with Crippen LogP contribution in [0.3, 0.4) is 0 Å². The number of carbonyl (C=O) groups excluding carboxylic acids is 1. The Labute approximate surface area is 161 Å². The molecule has 140 valence electrons. The molecule has 1 aromatic carbocycles. The van der Waals surface area contributed by atoms with Gasteiger partial charge in [0.1, 0.15) is 5.82 Å². The summed E-state index contributed by atoms with van der Waals surface area (Å²) in [6.45, 7) is 5.67. The van der Waals surface area contributed by atoms with Gasteiger partial charge in [0.25, 0.3) is 11.5 Å². The van der Waals surface area contributed by atoms with Gasteiger partial charge in [-0.15, -0.1) is 11.8 Å². The number of H-pyrrole nitrogens is 1. The molecule has 2 N–H and O–H groups in total. The standard InChI is InChI=1S/C19H21N5O2S/c1-11(2)14-10-20-19(22-18(14)26)24-16(9-12(3)23-24)21-17(25)13-7-5-6-8-15(13)27-4/h5-11H,1-4H3,(H,21,25)(H,20,22,26). The van der Waals surface area contributed by atoms with Gasteiger partial charge in [0.2, 0.25) is 5.95 Å². The number of hydrogen-bond acceptors (Lipinski definition) is 5. The average Bonchev–Trinajstić information content (AvgIpc) is 3.01. The minimum Gasteiger partial charge on any atom is -0.306 e. The van der Waals surface area contributed by atoms with E-state index in [2.05, 4.69) is 20.4 Å². The third-order valence-corrected chi connectivity index (χ3v) is 4.86. The van der Waals surface area contributed by atoms with E-state index in [9.17, 15) is 9.59 Å². The van der Waals surface area contributed by atoms with E-state index < -0.39 is 0 Å². The first kappa shape index (κ1) is 18.9. The summed E-state index contributed by atoms with van der Waals surface area (Å²) in [6.07, 6.45) is 3.47. The van der Waals surface area contributed by atoms with Gasteiger partial charge in [0, 0.05) is 22.7 Å². The zero-order chi connectivity index (χ0) is 19.6. The Bertz CT molecular complexity index is 1040. The lowest BCUT2D eigenvalue weighted by Crippen LogP contribution is -2.21. The number of aromatic nitrogens is 4. The Hall–Kier alpha value is -2.87. The summed E-state index contributed by atoms with van der Waals surface area (Å²) in [5.74, 6) is 0.513. The quantitative estimate of drug-likeness (QED) is 0.659. The van der Waals surface area contributed by atoms with Crippen LogP contribution in [0.5, 0.6) is 0 Å². The van der Waals surface area contributed by atoms with Crippen LogP contribution in [0.1, 0.15) is 41.4 Å². The van der Waals surface area contributed by atoms with Crippen LogP contribution < -0.4 is 10.9 Å². The van der Waals surface area contributed by atoms with Crippen molar-refractivity contribution >= 4 is 23.5 Å². The second-order valence-electron chi connectivity index (χ2n) is 6.38. The number of rotatable bonds is 5. The third-order valence-electron chi connectivity index (χ3n) is 4.06. The average molecular weight is 383 g/mol. The van der Waals surface area contributed by atoms with Crippen LogP contribution in [-0.2, 0) is 0 Å². The summed E-state index contributed by atoms with van der Waals surface area (Å²) < 4.78 is 1.43. The lowest BCUT2D eigenvalue weighted by Gasteiger charge is -2.11. The molecule has 0 radical (unpaired) electrons. The molecule has 3 rings (SSSR count). The van der Waals surface area contributed by atoms with E-state index in [1.807, 2.05) is 45.2 Å². The summed E-state index contributed by atoms with van der Waals surface area (Å²) in [4.78, 5) is 32.9. The van der Waals surface area contributed by atoms with E-state index >= 15 is 0 Å². The lowest BCUT2D eigenvalue weighted by molar-refractivity contribution is 0.102. The molecule has 0 bridgehead atoms. The monoisotopic (exact) mass is 383 g/mol. The Morgan fingerprint density at radius 3 is 2.70 bits per heavy atom. The molecular formula is C19H21N5O2S. The van der Waals surface area contributed by atoms with Crippen molar-refractivity contribution in [1.29, 1.82) is 0 Å². The number of hydrogen-bond donors (Lipinski definition) is 2. The van der Waals surface area contributed by atoms with Gasteiger partial charge in [-0.3, -0.25) is 14.6 Å². The predicted octanol–water partition coefficient (Wildman–Crippen LogP) is 3.36. The second kappa shape index (κ2) is 7.79. The van der Waals surface area contributed by atoms with Crippen molar-refractivity contribution in [3.63, 3.8) is 0 Å². The maximum absolute atomic E-state index is 12.7. The Morgan fingerprint density at radius 2 is 2.04 bits per heavy atom. The van der Waals surface area contributed by atoms with Crippen LogP contribution in [-0.4, -0.2) is 31.9 Å². The summed E-state index contributed by atoms with van der Waals surface area (Å²) >= 11 is 1.50. The van der Waals surface area contributed by atoms with Crippen molar-refractivity contribution in [2.75, 3.05) is 11.6 Å². The molecule has 3 aromatic rings. The molecule has 27 heavy (non-hydrogen) atoms. The second-order valence-corrected chi connectivity index (χ2v) is 7.23. The van der Waals surface area contributed by atoms with Crippen LogP contribution in [0.2, 0.25) is 0 Å². The molecule has 0 unspecified atom stereocenters. The van der Waals surface area contributed by atoms with Gasteiger partial charge < -0.3 is 5.32 Å². The number of aryl methyl sites for hydroxylation is 1. The van der Waals surface area contributed by atoms with E-state index in [0.717, 1.165) is 4.90 Å². The van der Waals surface area contributed by atoms with Crippen molar-refractivity contribution in [1.82, 2.24) is 19.7 Å². The smallest absolute Gasteiger partial charge is 0.257 e. The number of benzene rings is 1. The molecular weight excluding hydrogens is 362 g/mol. The zero-order valence-corrected chi connectivity index (χ0v) is 16.4. The number of anilines is 1. The van der Waals surface area contributed by atoms with Crippen LogP contribution in [0.4, 0.5) is 5.82 Å². The van der Waals surface area contributed by atoms with E-state index in [-0.39, 0.29) is 23.3 Å². The van der Waals surface area contributed by atoms with Gasteiger partial charge in [-0.1, -0.05) is 26.0 Å². The van der Waals surface area contributed by atoms with Crippen molar-refractivity contribution in [3.8, 4) is 5.95 Å². The molecule has 2 aromatic heterocycles. The molecule has 0 saturated heterocycles. The van der Waals surface area contributed by atoms with E-state index in [0.29, 0.717) is 22.6 Å². The molecule has 0 aliphatic heterocycles. The highest BCUT2D eigenvalue weighted by atomic mass is 32.2. The fourth-order valence-electron chi connectivity index (χ4n) is 2.68. The molecule has 8 heteroatoms. The number of nitrogens with one attached hydrogen (secondary N) is 2. The molecule has 7 nitrogen and oxygen atoms in total. The SMILES string of the molecule is CSc1ccccc1C(=O)Nc1cc(C)nn1-c1ncc(C(C)C)c(=O)[nH]1. The maximum atomic E-state index is 12.7. The van der Waals surface area contributed by atoms with Crippen LogP contribution in [0.15, 0.2) is 46.2 Å². The Kier molecular flexibility index (Phi) is 5.46. The Morgan fingerprint density at radius 1 is 1.30 bits per heavy atom. The van der Waals surface area contributed by atoms with Crippen LogP contribution in [0, 0.1) is 6.92 Å². The molecule has 0 fully saturated rings. The molecule has 2 heterocycles. The zero-order valence-electron chi connectivity index (χ0n) is 15.6. The van der Waals surface area contributed by atoms with Gasteiger partial charge in [0.15, 0.2) is 0 Å². The summed E-state index contributed by atoms with van der Waals surface area (Å²) in [5.41, 5.74) is 1.65. The van der Waals surface area contributed by atoms with Crippen molar-refractivity contribution in [3.05, 3.63) is 63.7 Å². The van der Waals surface area contributed by atoms with E-state index in [1.165, 1.54) is 16.4 Å². The van der Waals surface area contributed by atoms with Crippen molar-refractivity contribution < 1.29 is 4.79 Å². The highest BCUT2D eigenvalue weighted by molar-refractivity contribution is 7.98. The normalized spacial score (nSPS) is 11.0. The number of carbonyl (C=O) groups is 1. The predicted molar refractivity (Wildman–Crippen MR) is 107 cm³/mol. The fraction of sp³-hybridized carbons (Fsp3) is 0.263.